The van der Waals surface area contributed by atoms with Crippen molar-refractivity contribution in [1.29, 1.82) is 0 Å². The van der Waals surface area contributed by atoms with Gasteiger partial charge >= 0.3 is 5.97 Å². The van der Waals surface area contributed by atoms with Crippen LogP contribution in [0, 0.1) is 0 Å². The summed E-state index contributed by atoms with van der Waals surface area (Å²) in [6.45, 7) is 1.32. The topological polar surface area (TPSA) is 43.4 Å². The van der Waals surface area contributed by atoms with Crippen LogP contribution in [-0.4, -0.2) is 17.9 Å². The maximum absolute atomic E-state index is 11.7. The summed E-state index contributed by atoms with van der Waals surface area (Å²) in [7, 11) is 0. The maximum atomic E-state index is 11.7. The molecule has 1 aliphatic rings. The molecular weight excluding hydrogens is 180 g/mol. The molecule has 0 amide bonds. The summed E-state index contributed by atoms with van der Waals surface area (Å²) in [6, 6.07) is 7.34. The van der Waals surface area contributed by atoms with Crippen molar-refractivity contribution in [3.8, 4) is 0 Å². The summed E-state index contributed by atoms with van der Waals surface area (Å²) in [5.74, 6) is -0.494. The van der Waals surface area contributed by atoms with E-state index in [9.17, 15) is 9.59 Å². The smallest absolute Gasteiger partial charge is 0.303 e. The fourth-order valence-electron chi connectivity index (χ4n) is 1.70. The number of hydrogen-bond acceptors (Lipinski definition) is 3. The maximum Gasteiger partial charge on any atom is 0.303 e. The number of rotatable bonds is 1. The lowest BCUT2D eigenvalue weighted by atomic mass is 10.1. The normalized spacial score (nSPS) is 19.2. The van der Waals surface area contributed by atoms with Crippen molar-refractivity contribution in [2.45, 2.75) is 19.4 Å². The summed E-state index contributed by atoms with van der Waals surface area (Å²) >= 11 is 0. The SMILES string of the molecule is CC(=O)OC1Cc2ccccc2C1=O. The van der Waals surface area contributed by atoms with Crippen molar-refractivity contribution >= 4 is 11.8 Å². The summed E-state index contributed by atoms with van der Waals surface area (Å²) in [5.41, 5.74) is 1.64. The van der Waals surface area contributed by atoms with Crippen molar-refractivity contribution in [1.82, 2.24) is 0 Å². The highest BCUT2D eigenvalue weighted by molar-refractivity contribution is 6.04. The van der Waals surface area contributed by atoms with Crippen LogP contribution < -0.4 is 0 Å². The lowest BCUT2D eigenvalue weighted by molar-refractivity contribution is -0.144. The third-order valence-electron chi connectivity index (χ3n) is 2.29. The van der Waals surface area contributed by atoms with E-state index in [1.165, 1.54) is 6.92 Å². The van der Waals surface area contributed by atoms with E-state index in [1.54, 1.807) is 6.07 Å². The zero-order valence-corrected chi connectivity index (χ0v) is 7.82. The van der Waals surface area contributed by atoms with Crippen LogP contribution in [0.15, 0.2) is 24.3 Å². The molecule has 0 bridgehead atoms. The van der Waals surface area contributed by atoms with E-state index in [0.717, 1.165) is 5.56 Å². The molecule has 72 valence electrons. The van der Waals surface area contributed by atoms with Crippen LogP contribution >= 0.6 is 0 Å². The first-order valence-electron chi connectivity index (χ1n) is 4.48. The van der Waals surface area contributed by atoms with Crippen molar-refractivity contribution in [3.05, 3.63) is 35.4 Å². The number of fused-ring (bicyclic) bond motifs is 1. The van der Waals surface area contributed by atoms with Gasteiger partial charge in [-0.15, -0.1) is 0 Å². The number of ether oxygens (including phenoxy) is 1. The van der Waals surface area contributed by atoms with Crippen LogP contribution in [0.5, 0.6) is 0 Å². The van der Waals surface area contributed by atoms with Gasteiger partial charge in [-0.25, -0.2) is 0 Å². The Labute approximate surface area is 81.7 Å². The lowest BCUT2D eigenvalue weighted by Gasteiger charge is -2.06. The summed E-state index contributed by atoms with van der Waals surface area (Å²) in [6.07, 6.45) is -0.0981. The van der Waals surface area contributed by atoms with E-state index in [0.29, 0.717) is 12.0 Å². The Morgan fingerprint density at radius 1 is 1.43 bits per heavy atom. The summed E-state index contributed by atoms with van der Waals surface area (Å²) in [5, 5.41) is 0. The molecular formula is C11H10O3. The molecule has 0 spiro atoms. The van der Waals surface area contributed by atoms with Crippen molar-refractivity contribution in [2.24, 2.45) is 0 Å². The van der Waals surface area contributed by atoms with E-state index in [-0.39, 0.29) is 5.78 Å². The molecule has 1 unspecified atom stereocenters. The van der Waals surface area contributed by atoms with E-state index in [1.807, 2.05) is 18.2 Å². The number of Topliss-reactive ketones (excluding diaryl/α,β-unsaturated/α-hetero) is 1. The van der Waals surface area contributed by atoms with Crippen LogP contribution in [-0.2, 0) is 16.0 Å². The molecule has 0 radical (unpaired) electrons. The highest BCUT2D eigenvalue weighted by Gasteiger charge is 2.32. The zero-order chi connectivity index (χ0) is 10.1. The predicted molar refractivity (Wildman–Crippen MR) is 50.0 cm³/mol. The number of carbonyl (C=O) groups is 2. The Morgan fingerprint density at radius 2 is 2.14 bits per heavy atom. The number of esters is 1. The second-order valence-electron chi connectivity index (χ2n) is 3.32. The van der Waals surface area contributed by atoms with E-state index < -0.39 is 12.1 Å². The standard InChI is InChI=1S/C11H10O3/c1-7(12)14-10-6-8-4-2-3-5-9(8)11(10)13/h2-5,10H,6H2,1H3. The van der Waals surface area contributed by atoms with Gasteiger partial charge in [0.25, 0.3) is 0 Å². The van der Waals surface area contributed by atoms with Gasteiger partial charge in [-0.3, -0.25) is 9.59 Å². The molecule has 3 nitrogen and oxygen atoms in total. The molecule has 1 atom stereocenters. The molecule has 0 aromatic heterocycles. The number of benzene rings is 1. The molecule has 3 heteroatoms. The van der Waals surface area contributed by atoms with Gasteiger partial charge in [0, 0.05) is 18.9 Å². The molecule has 0 heterocycles. The Bertz CT molecular complexity index is 395. The molecule has 1 aromatic rings. The van der Waals surface area contributed by atoms with Gasteiger partial charge in [0.05, 0.1) is 0 Å². The van der Waals surface area contributed by atoms with Gasteiger partial charge < -0.3 is 4.74 Å². The Balaban J connectivity index is 2.26. The Hall–Kier alpha value is -1.64. The van der Waals surface area contributed by atoms with Crippen molar-refractivity contribution in [2.75, 3.05) is 0 Å². The van der Waals surface area contributed by atoms with Gasteiger partial charge in [0.15, 0.2) is 6.10 Å². The van der Waals surface area contributed by atoms with Crippen LogP contribution in [0.1, 0.15) is 22.8 Å². The average Bonchev–Trinajstić information content (AvgIpc) is 2.44. The second-order valence-corrected chi connectivity index (χ2v) is 3.32. The number of hydrogen-bond donors (Lipinski definition) is 0. The Kier molecular flexibility index (Phi) is 2.08. The van der Waals surface area contributed by atoms with E-state index in [4.69, 9.17) is 4.74 Å². The number of carbonyl (C=O) groups excluding carboxylic acids is 2. The van der Waals surface area contributed by atoms with Crippen LogP contribution in [0.25, 0.3) is 0 Å². The molecule has 1 aromatic carbocycles. The molecule has 0 saturated heterocycles. The number of ketones is 1. The quantitative estimate of drug-likeness (QED) is 0.628. The summed E-state index contributed by atoms with van der Waals surface area (Å²) < 4.78 is 4.92. The first-order valence-corrected chi connectivity index (χ1v) is 4.48. The fourth-order valence-corrected chi connectivity index (χ4v) is 1.70. The lowest BCUT2D eigenvalue weighted by Crippen LogP contribution is -2.22. The highest BCUT2D eigenvalue weighted by Crippen LogP contribution is 2.23. The minimum atomic E-state index is -0.607. The molecule has 0 fully saturated rings. The van der Waals surface area contributed by atoms with Crippen LogP contribution in [0.3, 0.4) is 0 Å². The zero-order valence-electron chi connectivity index (χ0n) is 7.82. The van der Waals surface area contributed by atoms with Crippen molar-refractivity contribution in [3.63, 3.8) is 0 Å². The molecule has 0 N–H and O–H groups in total. The van der Waals surface area contributed by atoms with E-state index >= 15 is 0 Å². The fraction of sp³-hybridized carbons (Fsp3) is 0.273. The summed E-state index contributed by atoms with van der Waals surface area (Å²) in [4.78, 5) is 22.4. The molecule has 14 heavy (non-hydrogen) atoms. The minimum Gasteiger partial charge on any atom is -0.454 e. The van der Waals surface area contributed by atoms with Gasteiger partial charge in [0.2, 0.25) is 5.78 Å². The average molecular weight is 190 g/mol. The third kappa shape index (κ3) is 1.41. The van der Waals surface area contributed by atoms with Gasteiger partial charge in [-0.05, 0) is 5.56 Å². The molecule has 0 aliphatic heterocycles. The van der Waals surface area contributed by atoms with Gasteiger partial charge in [0.1, 0.15) is 0 Å². The van der Waals surface area contributed by atoms with Crippen LogP contribution in [0.2, 0.25) is 0 Å². The molecule has 2 rings (SSSR count). The molecule has 1 aliphatic carbocycles. The third-order valence-corrected chi connectivity index (χ3v) is 2.29. The van der Waals surface area contributed by atoms with Crippen molar-refractivity contribution < 1.29 is 14.3 Å². The van der Waals surface area contributed by atoms with Crippen LogP contribution in [0.4, 0.5) is 0 Å². The van der Waals surface area contributed by atoms with Gasteiger partial charge in [-0.2, -0.15) is 0 Å². The molecule has 0 saturated carbocycles. The highest BCUT2D eigenvalue weighted by atomic mass is 16.5. The minimum absolute atomic E-state index is 0.0872. The monoisotopic (exact) mass is 190 g/mol. The van der Waals surface area contributed by atoms with E-state index in [2.05, 4.69) is 0 Å². The first-order chi connectivity index (χ1) is 6.68. The largest absolute Gasteiger partial charge is 0.454 e. The van der Waals surface area contributed by atoms with Gasteiger partial charge in [-0.1, -0.05) is 24.3 Å². The predicted octanol–water partition coefficient (Wildman–Crippen LogP) is 1.36. The Morgan fingerprint density at radius 3 is 2.79 bits per heavy atom. The first kappa shape index (κ1) is 8.94. The second kappa shape index (κ2) is 3.25.